The highest BCUT2D eigenvalue weighted by molar-refractivity contribution is 5.71. The van der Waals surface area contributed by atoms with Gasteiger partial charge in [-0.15, -0.1) is 0 Å². The van der Waals surface area contributed by atoms with Gasteiger partial charge in [0, 0.05) is 12.8 Å². The van der Waals surface area contributed by atoms with Crippen molar-refractivity contribution in [2.75, 3.05) is 47.5 Å². The maximum atomic E-state index is 12.9. The number of esters is 2. The lowest BCUT2D eigenvalue weighted by Gasteiger charge is -2.25. The number of rotatable bonds is 66. The molecule has 0 radical (unpaired) electrons. The van der Waals surface area contributed by atoms with Crippen LogP contribution in [0.25, 0.3) is 0 Å². The number of carbonyl (C=O) groups is 3. The number of aliphatic carboxylic acids is 1. The predicted molar refractivity (Wildman–Crippen MR) is 341 cm³/mol. The first-order valence-corrected chi connectivity index (χ1v) is 35.0. The lowest BCUT2D eigenvalue weighted by molar-refractivity contribution is -0.870. The minimum Gasteiger partial charge on any atom is -0.477 e. The second kappa shape index (κ2) is 62.8. The van der Waals surface area contributed by atoms with Crippen molar-refractivity contribution < 1.29 is 42.9 Å². The van der Waals surface area contributed by atoms with Gasteiger partial charge in [-0.1, -0.05) is 321 Å². The highest BCUT2D eigenvalue weighted by atomic mass is 16.7. The number of nitrogens with zero attached hydrogens (tertiary/aromatic N) is 1. The third kappa shape index (κ3) is 63.4. The number of hydrogen-bond donors (Lipinski definition) is 1. The van der Waals surface area contributed by atoms with E-state index in [0.29, 0.717) is 17.4 Å². The fraction of sp³-hybridized carbons (Fsp3) is 0.901. The van der Waals surface area contributed by atoms with E-state index in [4.69, 9.17) is 18.9 Å². The summed E-state index contributed by atoms with van der Waals surface area (Å²) in [5.41, 5.74) is 0. The van der Waals surface area contributed by atoms with E-state index < -0.39 is 18.4 Å². The summed E-state index contributed by atoms with van der Waals surface area (Å²) in [5.74, 6) is -1.97. The van der Waals surface area contributed by atoms with Crippen molar-refractivity contribution in [3.8, 4) is 0 Å². The van der Waals surface area contributed by atoms with Crippen LogP contribution in [0, 0.1) is 0 Å². The Balaban J connectivity index is 4.04. The molecule has 472 valence electrons. The van der Waals surface area contributed by atoms with Crippen LogP contribution in [-0.2, 0) is 33.3 Å². The quantitative estimate of drug-likeness (QED) is 0.0211. The summed E-state index contributed by atoms with van der Waals surface area (Å²) in [7, 11) is 5.99. The van der Waals surface area contributed by atoms with Crippen molar-refractivity contribution in [1.29, 1.82) is 0 Å². The second-order valence-corrected chi connectivity index (χ2v) is 25.2. The van der Waals surface area contributed by atoms with Crippen molar-refractivity contribution in [3.05, 3.63) is 24.3 Å². The van der Waals surface area contributed by atoms with E-state index in [-0.39, 0.29) is 38.2 Å². The zero-order chi connectivity index (χ0) is 58.3. The van der Waals surface area contributed by atoms with Gasteiger partial charge in [0.15, 0.2) is 6.10 Å². The lowest BCUT2D eigenvalue weighted by Crippen LogP contribution is -2.40. The van der Waals surface area contributed by atoms with Crippen molar-refractivity contribution in [3.63, 3.8) is 0 Å². The minimum atomic E-state index is -1.51. The zero-order valence-corrected chi connectivity index (χ0v) is 54.0. The number of carbonyl (C=O) groups excluding carboxylic acids is 2. The molecule has 0 saturated heterocycles. The number of carboxylic acid groups (broad SMARTS) is 1. The van der Waals surface area contributed by atoms with E-state index in [2.05, 4.69) is 38.2 Å². The summed E-state index contributed by atoms with van der Waals surface area (Å²) < 4.78 is 23.0. The summed E-state index contributed by atoms with van der Waals surface area (Å²) in [4.78, 5) is 37.6. The molecule has 80 heavy (non-hydrogen) atoms. The molecule has 0 aliphatic carbocycles. The smallest absolute Gasteiger partial charge is 0.361 e. The Morgan fingerprint density at radius 3 is 0.988 bits per heavy atom. The Labute approximate surface area is 497 Å². The van der Waals surface area contributed by atoms with Crippen LogP contribution < -0.4 is 0 Å². The molecule has 0 fully saturated rings. The van der Waals surface area contributed by atoms with E-state index in [1.807, 2.05) is 21.1 Å². The molecule has 0 aromatic carbocycles. The van der Waals surface area contributed by atoms with Gasteiger partial charge in [-0.2, -0.15) is 0 Å². The van der Waals surface area contributed by atoms with Crippen molar-refractivity contribution in [2.45, 2.75) is 367 Å². The van der Waals surface area contributed by atoms with Crippen LogP contribution in [-0.4, -0.2) is 87.4 Å². The largest absolute Gasteiger partial charge is 0.477 e. The molecule has 0 aliphatic rings. The maximum Gasteiger partial charge on any atom is 0.361 e. The molecule has 2 atom stereocenters. The standard InChI is InChI=1S/C71H135NO8/c1-6-8-10-12-14-16-18-20-22-24-26-28-30-31-32-33-34-35-36-37-38-39-40-42-44-46-48-50-52-54-56-58-60-62-69(74)80-67(66-79-71(70(75)76)77-64-63-72(3,4)5)65-78-68(73)61-59-57-55-53-51-49-47-45-43-41-29-27-25-23-21-19-17-15-13-11-9-7-2/h18,20,24,26,67,71H,6-17,19,21-23,25,27-66H2,1-5H3/p+1/b20-18-,26-24-. The van der Waals surface area contributed by atoms with E-state index in [1.54, 1.807) is 0 Å². The van der Waals surface area contributed by atoms with Gasteiger partial charge in [-0.3, -0.25) is 9.59 Å². The van der Waals surface area contributed by atoms with Crippen LogP contribution in [0.5, 0.6) is 0 Å². The highest BCUT2D eigenvalue weighted by Crippen LogP contribution is 2.19. The molecule has 0 amide bonds. The van der Waals surface area contributed by atoms with Crippen molar-refractivity contribution in [1.82, 2.24) is 0 Å². The third-order valence-corrected chi connectivity index (χ3v) is 16.0. The molecular weight excluding hydrogens is 995 g/mol. The minimum absolute atomic E-state index is 0.174. The first-order valence-electron chi connectivity index (χ1n) is 35.0. The fourth-order valence-corrected chi connectivity index (χ4v) is 10.6. The summed E-state index contributed by atoms with van der Waals surface area (Å²) in [6, 6.07) is 0. The van der Waals surface area contributed by atoms with Gasteiger partial charge in [-0.05, 0) is 44.9 Å². The molecule has 9 nitrogen and oxygen atoms in total. The monoisotopic (exact) mass is 1130 g/mol. The molecule has 1 N–H and O–H groups in total. The summed E-state index contributed by atoms with van der Waals surface area (Å²) in [5, 5.41) is 9.74. The zero-order valence-electron chi connectivity index (χ0n) is 54.0. The van der Waals surface area contributed by atoms with Crippen LogP contribution in [0.1, 0.15) is 354 Å². The number of likely N-dealkylation sites (N-methyl/N-ethyl adjacent to an activating group) is 1. The summed E-state index contributed by atoms with van der Waals surface area (Å²) >= 11 is 0. The van der Waals surface area contributed by atoms with Crippen LogP contribution in [0.15, 0.2) is 24.3 Å². The third-order valence-electron chi connectivity index (χ3n) is 16.0. The molecule has 0 spiro atoms. The Morgan fingerprint density at radius 1 is 0.375 bits per heavy atom. The normalized spacial score (nSPS) is 12.8. The van der Waals surface area contributed by atoms with E-state index in [1.165, 1.54) is 283 Å². The summed E-state index contributed by atoms with van der Waals surface area (Å²) in [6.07, 6.45) is 74.4. The highest BCUT2D eigenvalue weighted by Gasteiger charge is 2.25. The number of ether oxygens (including phenoxy) is 4. The van der Waals surface area contributed by atoms with Crippen LogP contribution in [0.4, 0.5) is 0 Å². The van der Waals surface area contributed by atoms with E-state index >= 15 is 0 Å². The van der Waals surface area contributed by atoms with Crippen molar-refractivity contribution in [2.24, 2.45) is 0 Å². The number of quaternary nitrogens is 1. The van der Waals surface area contributed by atoms with Gasteiger partial charge < -0.3 is 28.5 Å². The Kier molecular flexibility index (Phi) is 61.1. The first kappa shape index (κ1) is 77.8. The molecule has 0 aliphatic heterocycles. The number of unbranched alkanes of at least 4 members (excludes halogenated alkanes) is 47. The number of allylic oxidation sites excluding steroid dienone is 4. The average Bonchev–Trinajstić information content (AvgIpc) is 3.43. The second-order valence-electron chi connectivity index (χ2n) is 25.2. The predicted octanol–water partition coefficient (Wildman–Crippen LogP) is 21.4. The van der Waals surface area contributed by atoms with Gasteiger partial charge in [0.05, 0.1) is 34.4 Å². The molecule has 0 bridgehead atoms. The molecule has 9 heteroatoms. The van der Waals surface area contributed by atoms with Gasteiger partial charge in [0.2, 0.25) is 0 Å². The Morgan fingerprint density at radius 2 is 0.675 bits per heavy atom. The van der Waals surface area contributed by atoms with Crippen LogP contribution >= 0.6 is 0 Å². The maximum absolute atomic E-state index is 12.9. The van der Waals surface area contributed by atoms with Gasteiger partial charge in [0.1, 0.15) is 13.2 Å². The molecule has 0 aromatic rings. The lowest BCUT2D eigenvalue weighted by atomic mass is 10.0. The number of hydrogen-bond acceptors (Lipinski definition) is 7. The molecule has 0 aromatic heterocycles. The van der Waals surface area contributed by atoms with Gasteiger partial charge >= 0.3 is 17.9 Å². The number of carboxylic acids is 1. The van der Waals surface area contributed by atoms with Crippen LogP contribution in [0.3, 0.4) is 0 Å². The van der Waals surface area contributed by atoms with E-state index in [9.17, 15) is 19.5 Å². The van der Waals surface area contributed by atoms with Gasteiger partial charge in [0.25, 0.3) is 6.29 Å². The molecule has 0 saturated carbocycles. The van der Waals surface area contributed by atoms with Crippen molar-refractivity contribution >= 4 is 17.9 Å². The Bertz CT molecular complexity index is 1360. The first-order chi connectivity index (χ1) is 39.1. The molecule has 0 rings (SSSR count). The topological polar surface area (TPSA) is 108 Å². The fourth-order valence-electron chi connectivity index (χ4n) is 10.6. The molecule has 2 unspecified atom stereocenters. The average molecular weight is 1130 g/mol. The van der Waals surface area contributed by atoms with Crippen LogP contribution in [0.2, 0.25) is 0 Å². The molecular formula is C71H136NO8+. The van der Waals surface area contributed by atoms with Gasteiger partial charge in [-0.25, -0.2) is 4.79 Å². The Hall–Kier alpha value is -2.23. The van der Waals surface area contributed by atoms with E-state index in [0.717, 1.165) is 44.9 Å². The summed E-state index contributed by atoms with van der Waals surface area (Å²) in [6.45, 7) is 4.94. The SMILES string of the molecule is CCCCCCC/C=C\C/C=C\CCCCCCCCCCCCCCCCCCCCCCCC(=O)OC(COC(=O)CCCCCCCCCCCCCCCCCCCCCCCC)COC(OCC[N+](C)(C)C)C(=O)O. The molecule has 0 heterocycles.